The van der Waals surface area contributed by atoms with E-state index in [1.165, 1.54) is 0 Å². The van der Waals surface area contributed by atoms with Crippen molar-refractivity contribution < 1.29 is 8.42 Å². The van der Waals surface area contributed by atoms with Crippen LogP contribution >= 0.6 is 0 Å². The molecule has 7 heteroatoms. The number of sulfone groups is 1. The first kappa shape index (κ1) is 13.5. The van der Waals surface area contributed by atoms with Gasteiger partial charge in [0.1, 0.15) is 0 Å². The summed E-state index contributed by atoms with van der Waals surface area (Å²) in [6, 6.07) is -0.0239. The van der Waals surface area contributed by atoms with Gasteiger partial charge in [-0.2, -0.15) is 5.10 Å². The molecule has 1 aliphatic rings. The predicted molar refractivity (Wildman–Crippen MR) is 69.8 cm³/mol. The SMILES string of the molecule is CC(N)C(c1cnn(C)c1)N1CCS(=O)(=O)CC1. The lowest BCUT2D eigenvalue weighted by Crippen LogP contribution is -2.47. The number of nitrogens with zero attached hydrogens (tertiary/aromatic N) is 3. The van der Waals surface area contributed by atoms with Crippen LogP contribution in [0.4, 0.5) is 0 Å². The molecule has 0 saturated carbocycles. The maximum atomic E-state index is 11.5. The molecule has 0 spiro atoms. The fourth-order valence-electron chi connectivity index (χ4n) is 2.44. The van der Waals surface area contributed by atoms with Crippen LogP contribution in [0.3, 0.4) is 0 Å². The minimum Gasteiger partial charge on any atom is -0.326 e. The third kappa shape index (κ3) is 2.90. The van der Waals surface area contributed by atoms with Gasteiger partial charge in [-0.3, -0.25) is 9.58 Å². The largest absolute Gasteiger partial charge is 0.326 e. The Morgan fingerprint density at radius 2 is 2.00 bits per heavy atom. The molecular weight excluding hydrogens is 252 g/mol. The fourth-order valence-corrected chi connectivity index (χ4v) is 3.67. The molecule has 6 nitrogen and oxygen atoms in total. The van der Waals surface area contributed by atoms with Crippen LogP contribution in [0, 0.1) is 0 Å². The van der Waals surface area contributed by atoms with Crippen LogP contribution in [0.25, 0.3) is 0 Å². The zero-order valence-corrected chi connectivity index (χ0v) is 11.6. The lowest BCUT2D eigenvalue weighted by atomic mass is 10.0. The Labute approximate surface area is 108 Å². The number of nitrogens with two attached hydrogens (primary N) is 1. The van der Waals surface area contributed by atoms with Gasteiger partial charge in [-0.05, 0) is 6.92 Å². The minimum atomic E-state index is -2.86. The molecule has 0 bridgehead atoms. The predicted octanol–water partition coefficient (Wildman–Crippen LogP) is -0.461. The Hall–Kier alpha value is -0.920. The highest BCUT2D eigenvalue weighted by Crippen LogP contribution is 2.24. The molecule has 1 saturated heterocycles. The molecule has 1 fully saturated rings. The third-order valence-electron chi connectivity index (χ3n) is 3.34. The summed E-state index contributed by atoms with van der Waals surface area (Å²) in [6.07, 6.45) is 3.74. The van der Waals surface area contributed by atoms with Gasteiger partial charge in [0, 0.05) is 37.9 Å². The molecule has 2 heterocycles. The van der Waals surface area contributed by atoms with Gasteiger partial charge in [-0.15, -0.1) is 0 Å². The number of rotatable bonds is 3. The summed E-state index contributed by atoms with van der Waals surface area (Å²) in [5.41, 5.74) is 7.10. The highest BCUT2D eigenvalue weighted by molar-refractivity contribution is 7.91. The fraction of sp³-hybridized carbons (Fsp3) is 0.727. The smallest absolute Gasteiger partial charge is 0.152 e. The Morgan fingerprint density at radius 1 is 1.39 bits per heavy atom. The van der Waals surface area contributed by atoms with E-state index in [-0.39, 0.29) is 23.6 Å². The number of hydrogen-bond acceptors (Lipinski definition) is 5. The van der Waals surface area contributed by atoms with Gasteiger partial charge in [0.15, 0.2) is 9.84 Å². The standard InChI is InChI=1S/C11H20N4O2S/c1-9(12)11(10-7-13-14(2)8-10)15-3-5-18(16,17)6-4-15/h7-9,11H,3-6,12H2,1-2H3. The summed E-state index contributed by atoms with van der Waals surface area (Å²) in [6.45, 7) is 3.04. The van der Waals surface area contributed by atoms with Gasteiger partial charge in [-0.1, -0.05) is 0 Å². The van der Waals surface area contributed by atoms with E-state index in [1.54, 1.807) is 10.9 Å². The molecule has 2 atom stereocenters. The van der Waals surface area contributed by atoms with E-state index in [4.69, 9.17) is 5.73 Å². The second kappa shape index (κ2) is 4.99. The lowest BCUT2D eigenvalue weighted by molar-refractivity contribution is 0.191. The van der Waals surface area contributed by atoms with Crippen molar-refractivity contribution in [1.29, 1.82) is 0 Å². The summed E-state index contributed by atoms with van der Waals surface area (Å²) < 4.78 is 24.7. The molecule has 0 radical (unpaired) electrons. The molecule has 0 amide bonds. The van der Waals surface area contributed by atoms with Gasteiger partial charge < -0.3 is 5.73 Å². The molecule has 2 unspecified atom stereocenters. The molecule has 2 rings (SSSR count). The maximum absolute atomic E-state index is 11.5. The van der Waals surface area contributed by atoms with Crippen molar-refractivity contribution in [1.82, 2.24) is 14.7 Å². The zero-order valence-electron chi connectivity index (χ0n) is 10.8. The highest BCUT2D eigenvalue weighted by atomic mass is 32.2. The third-order valence-corrected chi connectivity index (χ3v) is 4.95. The van der Waals surface area contributed by atoms with Crippen molar-refractivity contribution >= 4 is 9.84 Å². The van der Waals surface area contributed by atoms with Crippen LogP contribution in [0.5, 0.6) is 0 Å². The number of hydrogen-bond donors (Lipinski definition) is 1. The van der Waals surface area contributed by atoms with Crippen LogP contribution in [0.1, 0.15) is 18.5 Å². The Kier molecular flexibility index (Phi) is 3.74. The summed E-state index contributed by atoms with van der Waals surface area (Å²) in [5, 5.41) is 4.16. The zero-order chi connectivity index (χ0) is 13.3. The van der Waals surface area contributed by atoms with Crippen LogP contribution in [0.15, 0.2) is 12.4 Å². The summed E-state index contributed by atoms with van der Waals surface area (Å²) >= 11 is 0. The van der Waals surface area contributed by atoms with Gasteiger partial charge in [0.05, 0.1) is 23.7 Å². The first-order chi connectivity index (χ1) is 8.39. The normalized spacial score (nSPS) is 23.7. The van der Waals surface area contributed by atoms with Crippen LogP contribution in [-0.4, -0.2) is 53.7 Å². The second-order valence-electron chi connectivity index (χ2n) is 4.94. The highest BCUT2D eigenvalue weighted by Gasteiger charge is 2.30. The van der Waals surface area contributed by atoms with Crippen LogP contribution in [-0.2, 0) is 16.9 Å². The van der Waals surface area contributed by atoms with E-state index < -0.39 is 9.84 Å². The second-order valence-corrected chi connectivity index (χ2v) is 7.24. The summed E-state index contributed by atoms with van der Waals surface area (Å²) in [5.74, 6) is 0.437. The first-order valence-electron chi connectivity index (χ1n) is 6.07. The Morgan fingerprint density at radius 3 is 2.44 bits per heavy atom. The van der Waals surface area contributed by atoms with Crippen molar-refractivity contribution in [2.24, 2.45) is 12.8 Å². The van der Waals surface area contributed by atoms with Crippen LogP contribution in [0.2, 0.25) is 0 Å². The molecule has 1 aromatic rings. The molecule has 1 aliphatic heterocycles. The molecular formula is C11H20N4O2S. The van der Waals surface area contributed by atoms with Crippen molar-refractivity contribution in [2.75, 3.05) is 24.6 Å². The van der Waals surface area contributed by atoms with Crippen molar-refractivity contribution in [2.45, 2.75) is 19.0 Å². The van der Waals surface area contributed by atoms with Crippen molar-refractivity contribution in [3.63, 3.8) is 0 Å². The average molecular weight is 272 g/mol. The summed E-state index contributed by atoms with van der Waals surface area (Å²) in [4.78, 5) is 2.14. The van der Waals surface area contributed by atoms with Crippen LogP contribution < -0.4 is 5.73 Å². The molecule has 1 aromatic heterocycles. The van der Waals surface area contributed by atoms with Gasteiger partial charge >= 0.3 is 0 Å². The van der Waals surface area contributed by atoms with E-state index in [2.05, 4.69) is 10.00 Å². The van der Waals surface area contributed by atoms with Gasteiger partial charge in [-0.25, -0.2) is 8.42 Å². The van der Waals surface area contributed by atoms with E-state index in [1.807, 2.05) is 20.2 Å². The van der Waals surface area contributed by atoms with E-state index in [9.17, 15) is 8.42 Å². The Bertz CT molecular complexity index is 495. The minimum absolute atomic E-state index is 0.0363. The maximum Gasteiger partial charge on any atom is 0.152 e. The van der Waals surface area contributed by atoms with E-state index in [0.717, 1.165) is 5.56 Å². The molecule has 18 heavy (non-hydrogen) atoms. The van der Waals surface area contributed by atoms with E-state index in [0.29, 0.717) is 13.1 Å². The number of aryl methyl sites for hydroxylation is 1. The van der Waals surface area contributed by atoms with Gasteiger partial charge in [0.2, 0.25) is 0 Å². The molecule has 0 aromatic carbocycles. The topological polar surface area (TPSA) is 81.2 Å². The van der Waals surface area contributed by atoms with Crippen molar-refractivity contribution in [3.05, 3.63) is 18.0 Å². The van der Waals surface area contributed by atoms with E-state index >= 15 is 0 Å². The first-order valence-corrected chi connectivity index (χ1v) is 7.90. The summed E-state index contributed by atoms with van der Waals surface area (Å²) in [7, 11) is -0.992. The average Bonchev–Trinajstić information content (AvgIpc) is 2.67. The molecule has 0 aliphatic carbocycles. The molecule has 102 valence electrons. The number of aromatic nitrogens is 2. The van der Waals surface area contributed by atoms with Crippen molar-refractivity contribution in [3.8, 4) is 0 Å². The Balaban J connectivity index is 2.17. The molecule has 2 N–H and O–H groups in total. The lowest BCUT2D eigenvalue weighted by Gasteiger charge is -2.36. The van der Waals surface area contributed by atoms with Gasteiger partial charge in [0.25, 0.3) is 0 Å². The quantitative estimate of drug-likeness (QED) is 0.805. The monoisotopic (exact) mass is 272 g/mol.